The van der Waals surface area contributed by atoms with E-state index in [0.29, 0.717) is 11.0 Å². The molecule has 0 radical (unpaired) electrons. The summed E-state index contributed by atoms with van der Waals surface area (Å²) in [5.74, 6) is 1.53. The van der Waals surface area contributed by atoms with Crippen LogP contribution in [0.3, 0.4) is 0 Å². The fourth-order valence-electron chi connectivity index (χ4n) is 2.36. The molecule has 88 valence electrons. The highest BCUT2D eigenvalue weighted by atomic mass is 32.1. The van der Waals surface area contributed by atoms with Crippen LogP contribution in [0, 0.1) is 0 Å². The highest BCUT2D eigenvalue weighted by Gasteiger charge is 2.26. The van der Waals surface area contributed by atoms with Crippen molar-refractivity contribution >= 4 is 23.1 Å². The van der Waals surface area contributed by atoms with Crippen LogP contribution < -0.4 is 11.1 Å². The number of nitrogens with one attached hydrogen (secondary N) is 1. The van der Waals surface area contributed by atoms with Crippen LogP contribution in [0.1, 0.15) is 43.9 Å². The molecule has 3 N–H and O–H groups in total. The lowest BCUT2D eigenvalue weighted by Gasteiger charge is -2.10. The second kappa shape index (κ2) is 4.41. The number of rotatable bonds is 3. The number of hydrogen-bond donors (Lipinski definition) is 2. The number of aromatic nitrogens is 2. The molecular formula is C11H18N4S. The molecule has 2 rings (SSSR count). The third-order valence-corrected chi connectivity index (χ3v) is 3.44. The van der Waals surface area contributed by atoms with Crippen LogP contribution in [0.25, 0.3) is 0 Å². The molecule has 0 saturated carbocycles. The number of nitrogens with two attached hydrogens (primary N) is 1. The van der Waals surface area contributed by atoms with Gasteiger partial charge in [-0.15, -0.1) is 0 Å². The van der Waals surface area contributed by atoms with Crippen molar-refractivity contribution in [2.75, 3.05) is 11.9 Å². The third-order valence-electron chi connectivity index (χ3n) is 3.26. The van der Waals surface area contributed by atoms with Gasteiger partial charge in [-0.25, -0.2) is 0 Å². The zero-order valence-corrected chi connectivity index (χ0v) is 10.6. The second-order valence-corrected chi connectivity index (χ2v) is 4.57. The van der Waals surface area contributed by atoms with Crippen molar-refractivity contribution in [2.24, 2.45) is 5.73 Å². The summed E-state index contributed by atoms with van der Waals surface area (Å²) in [4.78, 5) is 0. The predicted molar refractivity (Wildman–Crippen MR) is 69.9 cm³/mol. The molecule has 0 bridgehead atoms. The molecule has 1 aromatic rings. The van der Waals surface area contributed by atoms with Crippen molar-refractivity contribution < 1.29 is 0 Å². The third kappa shape index (κ3) is 1.69. The van der Waals surface area contributed by atoms with Gasteiger partial charge in [0.2, 0.25) is 0 Å². The fraction of sp³-hybridized carbons (Fsp3) is 0.636. The van der Waals surface area contributed by atoms with E-state index < -0.39 is 0 Å². The van der Waals surface area contributed by atoms with Crippen LogP contribution in [0.2, 0.25) is 0 Å². The van der Waals surface area contributed by atoms with Gasteiger partial charge in [0.1, 0.15) is 5.82 Å². The largest absolute Gasteiger partial charge is 0.374 e. The van der Waals surface area contributed by atoms with E-state index in [2.05, 4.69) is 24.3 Å². The van der Waals surface area contributed by atoms with Gasteiger partial charge in [0, 0.05) is 18.0 Å². The summed E-state index contributed by atoms with van der Waals surface area (Å²) >= 11 is 5.01. The first kappa shape index (κ1) is 11.4. The Balaban J connectivity index is 2.47. The Morgan fingerprint density at radius 3 is 2.81 bits per heavy atom. The van der Waals surface area contributed by atoms with Crippen molar-refractivity contribution in [3.8, 4) is 0 Å². The van der Waals surface area contributed by atoms with Crippen LogP contribution in [0.5, 0.6) is 0 Å². The number of fused-ring (bicyclic) bond motifs is 1. The van der Waals surface area contributed by atoms with E-state index in [1.807, 2.05) is 0 Å². The minimum atomic E-state index is 0.322. The number of anilines is 1. The van der Waals surface area contributed by atoms with Gasteiger partial charge in [0.15, 0.2) is 5.11 Å². The monoisotopic (exact) mass is 238 g/mol. The number of thiocarbonyl (C=S) groups is 1. The second-order valence-electron chi connectivity index (χ2n) is 4.15. The van der Waals surface area contributed by atoms with Gasteiger partial charge in [-0.1, -0.05) is 13.8 Å². The van der Waals surface area contributed by atoms with Crippen molar-refractivity contribution in [1.29, 1.82) is 0 Å². The molecule has 0 unspecified atom stereocenters. The molecule has 4 nitrogen and oxygen atoms in total. The Morgan fingerprint density at radius 1 is 1.56 bits per heavy atom. The van der Waals surface area contributed by atoms with E-state index in [0.717, 1.165) is 31.6 Å². The van der Waals surface area contributed by atoms with Gasteiger partial charge in [-0.3, -0.25) is 0 Å². The van der Waals surface area contributed by atoms with Gasteiger partial charge in [0.05, 0.1) is 5.69 Å². The molecule has 0 spiro atoms. The fourth-order valence-corrected chi connectivity index (χ4v) is 2.50. The van der Waals surface area contributed by atoms with Crippen LogP contribution in [-0.2, 0) is 6.42 Å². The van der Waals surface area contributed by atoms with E-state index in [4.69, 9.17) is 18.0 Å². The van der Waals surface area contributed by atoms with E-state index in [9.17, 15) is 0 Å². The lowest BCUT2D eigenvalue weighted by Crippen LogP contribution is -2.22. The van der Waals surface area contributed by atoms with Gasteiger partial charge < -0.3 is 11.1 Å². The Bertz CT molecular complexity index is 406. The Morgan fingerprint density at radius 2 is 2.25 bits per heavy atom. The Labute approximate surface area is 101 Å². The molecule has 0 aliphatic carbocycles. The van der Waals surface area contributed by atoms with E-state index in [1.165, 1.54) is 11.3 Å². The Hall–Kier alpha value is -1.10. The first-order chi connectivity index (χ1) is 7.69. The minimum Gasteiger partial charge on any atom is -0.374 e. The van der Waals surface area contributed by atoms with E-state index in [-0.39, 0.29) is 0 Å². The highest BCUT2D eigenvalue weighted by Crippen LogP contribution is 2.33. The molecule has 0 aromatic carbocycles. The maximum Gasteiger partial charge on any atom is 0.193 e. The molecule has 0 fully saturated rings. The maximum atomic E-state index is 5.68. The molecule has 1 aliphatic rings. The van der Waals surface area contributed by atoms with Gasteiger partial charge in [0.25, 0.3) is 0 Å². The van der Waals surface area contributed by atoms with E-state index in [1.54, 1.807) is 4.68 Å². The average molecular weight is 238 g/mol. The van der Waals surface area contributed by atoms with Crippen molar-refractivity contribution in [3.05, 3.63) is 11.3 Å². The summed E-state index contributed by atoms with van der Waals surface area (Å²) in [6.07, 6.45) is 3.25. The quantitative estimate of drug-likeness (QED) is 0.789. The van der Waals surface area contributed by atoms with Crippen LogP contribution in [-0.4, -0.2) is 21.4 Å². The van der Waals surface area contributed by atoms with Crippen molar-refractivity contribution in [2.45, 2.75) is 39.0 Å². The molecule has 5 heteroatoms. The summed E-state index contributed by atoms with van der Waals surface area (Å²) in [6.45, 7) is 5.36. The summed E-state index contributed by atoms with van der Waals surface area (Å²) in [7, 11) is 0. The molecule has 1 aliphatic heterocycles. The zero-order chi connectivity index (χ0) is 11.7. The van der Waals surface area contributed by atoms with Crippen LogP contribution in [0.15, 0.2) is 0 Å². The smallest absolute Gasteiger partial charge is 0.193 e. The molecule has 0 atom stereocenters. The number of hydrogen-bond acceptors (Lipinski definition) is 3. The standard InChI is InChI=1S/C11H18N4S/c1-3-7(4-2)9-8-5-6-13-10(8)15(14-9)11(12)16/h7,13H,3-6H2,1-2H3,(H2,12,16). The van der Waals surface area contributed by atoms with Gasteiger partial charge >= 0.3 is 0 Å². The SMILES string of the molecule is CCC(CC)c1nn(C(N)=S)c2c1CCN2. The summed E-state index contributed by atoms with van der Waals surface area (Å²) < 4.78 is 1.67. The van der Waals surface area contributed by atoms with Crippen molar-refractivity contribution in [3.63, 3.8) is 0 Å². The predicted octanol–water partition coefficient (Wildman–Crippen LogP) is 1.85. The van der Waals surface area contributed by atoms with Gasteiger partial charge in [-0.05, 0) is 31.5 Å². The van der Waals surface area contributed by atoms with Crippen LogP contribution >= 0.6 is 12.2 Å². The van der Waals surface area contributed by atoms with E-state index >= 15 is 0 Å². The minimum absolute atomic E-state index is 0.322. The topological polar surface area (TPSA) is 55.9 Å². The summed E-state index contributed by atoms with van der Waals surface area (Å²) in [6, 6.07) is 0. The van der Waals surface area contributed by atoms with Gasteiger partial charge in [-0.2, -0.15) is 9.78 Å². The zero-order valence-electron chi connectivity index (χ0n) is 9.79. The number of nitrogens with zero attached hydrogens (tertiary/aromatic N) is 2. The summed E-state index contributed by atoms with van der Waals surface area (Å²) in [5.41, 5.74) is 8.16. The normalized spacial score (nSPS) is 13.9. The molecule has 0 saturated heterocycles. The first-order valence-electron chi connectivity index (χ1n) is 5.84. The Kier molecular flexibility index (Phi) is 3.14. The van der Waals surface area contributed by atoms with Crippen LogP contribution in [0.4, 0.5) is 5.82 Å². The van der Waals surface area contributed by atoms with Crippen molar-refractivity contribution in [1.82, 2.24) is 9.78 Å². The highest BCUT2D eigenvalue weighted by molar-refractivity contribution is 7.80. The first-order valence-corrected chi connectivity index (χ1v) is 6.25. The lowest BCUT2D eigenvalue weighted by atomic mass is 9.96. The lowest BCUT2D eigenvalue weighted by molar-refractivity contribution is 0.610. The molecule has 2 heterocycles. The molecule has 1 aromatic heterocycles. The maximum absolute atomic E-state index is 5.68. The average Bonchev–Trinajstić information content (AvgIpc) is 2.82. The molecular weight excluding hydrogens is 220 g/mol. The molecule has 0 amide bonds. The molecule has 16 heavy (non-hydrogen) atoms. The summed E-state index contributed by atoms with van der Waals surface area (Å²) in [5, 5.41) is 8.19.